The van der Waals surface area contributed by atoms with Crippen molar-refractivity contribution in [3.05, 3.63) is 40.5 Å². The molecule has 1 heterocycles. The van der Waals surface area contributed by atoms with Gasteiger partial charge in [0.1, 0.15) is 6.07 Å². The molecule has 0 N–H and O–H groups in total. The smallest absolute Gasteiger partial charge is 0.101 e. The van der Waals surface area contributed by atoms with E-state index in [4.69, 9.17) is 16.9 Å². The summed E-state index contributed by atoms with van der Waals surface area (Å²) in [6, 6.07) is 7.75. The van der Waals surface area contributed by atoms with Gasteiger partial charge < -0.3 is 0 Å². The first kappa shape index (κ1) is 10.9. The zero-order valence-corrected chi connectivity index (χ0v) is 9.92. The molecule has 0 spiro atoms. The summed E-state index contributed by atoms with van der Waals surface area (Å²) in [6.45, 7) is 4.13. The van der Waals surface area contributed by atoms with Gasteiger partial charge in [0.25, 0.3) is 0 Å². The molecule has 2 nitrogen and oxygen atoms in total. The Bertz CT molecular complexity index is 582. The average Bonchev–Trinajstić information content (AvgIpc) is 2.26. The molecule has 2 rings (SSSR count). The zero-order chi connectivity index (χ0) is 11.7. The summed E-state index contributed by atoms with van der Waals surface area (Å²) in [5.41, 5.74) is 2.53. The maximum atomic E-state index is 9.07. The Morgan fingerprint density at radius 1 is 1.38 bits per heavy atom. The highest BCUT2D eigenvalue weighted by Gasteiger charge is 2.12. The molecule has 0 saturated heterocycles. The Kier molecular flexibility index (Phi) is 2.80. The number of nitrogens with zero attached hydrogens (tertiary/aromatic N) is 2. The van der Waals surface area contributed by atoms with Gasteiger partial charge in [-0.05, 0) is 29.7 Å². The molecule has 16 heavy (non-hydrogen) atoms. The minimum absolute atomic E-state index is 0.276. The molecule has 3 heteroatoms. The van der Waals surface area contributed by atoms with Gasteiger partial charge >= 0.3 is 0 Å². The molecule has 0 unspecified atom stereocenters. The van der Waals surface area contributed by atoms with Crippen LogP contribution in [-0.4, -0.2) is 4.98 Å². The van der Waals surface area contributed by atoms with E-state index < -0.39 is 0 Å². The summed E-state index contributed by atoms with van der Waals surface area (Å²) in [4.78, 5) is 4.26. The summed E-state index contributed by atoms with van der Waals surface area (Å²) in [7, 11) is 0. The SMILES string of the molecule is CC(C)c1c(C#N)cnc2ccc(Cl)cc12. The second kappa shape index (κ2) is 4.11. The number of hydrogen-bond donors (Lipinski definition) is 0. The number of nitriles is 1. The van der Waals surface area contributed by atoms with Crippen molar-refractivity contribution in [3.63, 3.8) is 0 Å². The summed E-state index contributed by atoms with van der Waals surface area (Å²) in [5.74, 6) is 0.276. The molecule has 0 saturated carbocycles. The van der Waals surface area contributed by atoms with Crippen LogP contribution in [0.3, 0.4) is 0 Å². The molecule has 1 aromatic heterocycles. The maximum absolute atomic E-state index is 9.07. The normalized spacial score (nSPS) is 10.7. The fraction of sp³-hybridized carbons (Fsp3) is 0.231. The average molecular weight is 231 g/mol. The third-order valence-corrected chi connectivity index (χ3v) is 2.80. The largest absolute Gasteiger partial charge is 0.255 e. The molecule has 0 aliphatic rings. The summed E-state index contributed by atoms with van der Waals surface area (Å²) in [5, 5.41) is 10.7. The predicted octanol–water partition coefficient (Wildman–Crippen LogP) is 3.88. The second-order valence-electron chi connectivity index (χ2n) is 4.01. The van der Waals surface area contributed by atoms with Gasteiger partial charge in [-0.25, -0.2) is 0 Å². The molecule has 1 aromatic carbocycles. The Labute approximate surface area is 99.5 Å². The number of fused-ring (bicyclic) bond motifs is 1. The van der Waals surface area contributed by atoms with Crippen LogP contribution in [0.4, 0.5) is 0 Å². The third-order valence-electron chi connectivity index (χ3n) is 2.57. The molecule has 0 bridgehead atoms. The quantitative estimate of drug-likeness (QED) is 0.745. The highest BCUT2D eigenvalue weighted by molar-refractivity contribution is 6.31. The van der Waals surface area contributed by atoms with Gasteiger partial charge in [-0.2, -0.15) is 5.26 Å². The Hall–Kier alpha value is -1.59. The van der Waals surface area contributed by atoms with Gasteiger partial charge in [0.05, 0.1) is 11.1 Å². The molecule has 0 radical (unpaired) electrons. The standard InChI is InChI=1S/C13H11ClN2/c1-8(2)13-9(6-15)7-16-12-4-3-10(14)5-11(12)13/h3-5,7-8H,1-2H3. The van der Waals surface area contributed by atoms with Crippen LogP contribution in [0.25, 0.3) is 10.9 Å². The van der Waals surface area contributed by atoms with Gasteiger partial charge in [-0.3, -0.25) is 4.98 Å². The van der Waals surface area contributed by atoms with E-state index in [1.807, 2.05) is 18.2 Å². The zero-order valence-electron chi connectivity index (χ0n) is 9.16. The topological polar surface area (TPSA) is 36.7 Å². The van der Waals surface area contributed by atoms with E-state index in [2.05, 4.69) is 24.9 Å². The van der Waals surface area contributed by atoms with E-state index in [0.717, 1.165) is 16.5 Å². The van der Waals surface area contributed by atoms with Crippen molar-refractivity contribution in [3.8, 4) is 6.07 Å². The van der Waals surface area contributed by atoms with E-state index >= 15 is 0 Å². The van der Waals surface area contributed by atoms with Crippen molar-refractivity contribution >= 4 is 22.5 Å². The maximum Gasteiger partial charge on any atom is 0.101 e. The minimum Gasteiger partial charge on any atom is -0.255 e. The number of benzene rings is 1. The van der Waals surface area contributed by atoms with Gasteiger partial charge in [0, 0.05) is 16.6 Å². The van der Waals surface area contributed by atoms with E-state index in [0.29, 0.717) is 10.6 Å². The molecule has 2 aromatic rings. The molecule has 0 fully saturated rings. The monoisotopic (exact) mass is 230 g/mol. The van der Waals surface area contributed by atoms with Gasteiger partial charge in [0.2, 0.25) is 0 Å². The summed E-state index contributed by atoms with van der Waals surface area (Å²) < 4.78 is 0. The van der Waals surface area contributed by atoms with Crippen LogP contribution in [0.15, 0.2) is 24.4 Å². The van der Waals surface area contributed by atoms with Crippen LogP contribution in [0.1, 0.15) is 30.9 Å². The number of aromatic nitrogens is 1. The molecular weight excluding hydrogens is 220 g/mol. The van der Waals surface area contributed by atoms with Crippen LogP contribution in [0.2, 0.25) is 5.02 Å². The fourth-order valence-corrected chi connectivity index (χ4v) is 2.07. The third kappa shape index (κ3) is 1.75. The fourth-order valence-electron chi connectivity index (χ4n) is 1.90. The van der Waals surface area contributed by atoms with E-state index in [9.17, 15) is 0 Å². The predicted molar refractivity (Wildman–Crippen MR) is 65.6 cm³/mol. The molecule has 0 aliphatic heterocycles. The van der Waals surface area contributed by atoms with E-state index in [1.165, 1.54) is 0 Å². The highest BCUT2D eigenvalue weighted by Crippen LogP contribution is 2.29. The van der Waals surface area contributed by atoms with Gasteiger partial charge in [-0.15, -0.1) is 0 Å². The number of hydrogen-bond acceptors (Lipinski definition) is 2. The van der Waals surface area contributed by atoms with E-state index in [-0.39, 0.29) is 5.92 Å². The van der Waals surface area contributed by atoms with Crippen LogP contribution in [-0.2, 0) is 0 Å². The van der Waals surface area contributed by atoms with Crippen LogP contribution < -0.4 is 0 Å². The lowest BCUT2D eigenvalue weighted by atomic mass is 9.95. The van der Waals surface area contributed by atoms with Crippen molar-refractivity contribution < 1.29 is 0 Å². The number of halogens is 1. The first-order valence-corrected chi connectivity index (χ1v) is 5.49. The lowest BCUT2D eigenvalue weighted by Gasteiger charge is -2.11. The molecular formula is C13H11ClN2. The van der Waals surface area contributed by atoms with Crippen molar-refractivity contribution in [2.45, 2.75) is 19.8 Å². The molecule has 80 valence electrons. The van der Waals surface area contributed by atoms with Crippen LogP contribution in [0.5, 0.6) is 0 Å². The molecule has 0 amide bonds. The number of rotatable bonds is 1. The van der Waals surface area contributed by atoms with Gasteiger partial charge in [0.15, 0.2) is 0 Å². The summed E-state index contributed by atoms with van der Waals surface area (Å²) >= 11 is 5.98. The Morgan fingerprint density at radius 3 is 2.75 bits per heavy atom. The van der Waals surface area contributed by atoms with E-state index in [1.54, 1.807) is 6.20 Å². The minimum atomic E-state index is 0.276. The Morgan fingerprint density at radius 2 is 2.12 bits per heavy atom. The van der Waals surface area contributed by atoms with Gasteiger partial charge in [-0.1, -0.05) is 25.4 Å². The number of pyridine rings is 1. The Balaban J connectivity index is 2.88. The van der Waals surface area contributed by atoms with Crippen molar-refractivity contribution in [2.24, 2.45) is 0 Å². The van der Waals surface area contributed by atoms with Crippen molar-refractivity contribution in [1.29, 1.82) is 5.26 Å². The summed E-state index contributed by atoms with van der Waals surface area (Å²) in [6.07, 6.45) is 1.63. The molecule has 0 aliphatic carbocycles. The lowest BCUT2D eigenvalue weighted by molar-refractivity contribution is 0.870. The van der Waals surface area contributed by atoms with Crippen molar-refractivity contribution in [1.82, 2.24) is 4.98 Å². The van der Waals surface area contributed by atoms with Crippen LogP contribution in [0, 0.1) is 11.3 Å². The lowest BCUT2D eigenvalue weighted by Crippen LogP contribution is -1.96. The highest BCUT2D eigenvalue weighted by atomic mass is 35.5. The second-order valence-corrected chi connectivity index (χ2v) is 4.45. The van der Waals surface area contributed by atoms with Crippen LogP contribution >= 0.6 is 11.6 Å². The van der Waals surface area contributed by atoms with Crippen molar-refractivity contribution in [2.75, 3.05) is 0 Å². The molecule has 0 atom stereocenters. The first-order valence-electron chi connectivity index (χ1n) is 5.11. The first-order chi connectivity index (χ1) is 7.63.